The van der Waals surface area contributed by atoms with Crippen molar-refractivity contribution in [3.05, 3.63) is 48.0 Å². The van der Waals surface area contributed by atoms with Gasteiger partial charge in [-0.05, 0) is 42.5 Å². The first-order valence-corrected chi connectivity index (χ1v) is 9.57. The van der Waals surface area contributed by atoms with Crippen LogP contribution in [0.2, 0.25) is 0 Å². The molecule has 0 unspecified atom stereocenters. The van der Waals surface area contributed by atoms with Crippen LogP contribution in [0.15, 0.2) is 42.5 Å². The summed E-state index contributed by atoms with van der Waals surface area (Å²) >= 11 is 0. The average Bonchev–Trinajstić information content (AvgIpc) is 3.01. The second-order valence-corrected chi connectivity index (χ2v) is 6.57. The molecule has 158 valence electrons. The fourth-order valence-electron chi connectivity index (χ4n) is 2.79. The lowest BCUT2D eigenvalue weighted by Crippen LogP contribution is -2.21. The Morgan fingerprint density at radius 2 is 1.70 bits per heavy atom. The molecule has 0 spiro atoms. The minimum Gasteiger partial charge on any atom is -0.497 e. The zero-order chi connectivity index (χ0) is 21.3. The van der Waals surface area contributed by atoms with Gasteiger partial charge in [0, 0.05) is 24.1 Å². The Labute approximate surface area is 174 Å². The van der Waals surface area contributed by atoms with Crippen LogP contribution in [0.3, 0.4) is 0 Å². The third kappa shape index (κ3) is 5.97. The molecule has 0 radical (unpaired) electrons. The molecule has 3 rings (SSSR count). The number of ether oxygens (including phenoxy) is 4. The van der Waals surface area contributed by atoms with Crippen molar-refractivity contribution in [2.45, 2.75) is 19.3 Å². The summed E-state index contributed by atoms with van der Waals surface area (Å²) in [6, 6.07) is 11.7. The molecule has 1 aliphatic rings. The van der Waals surface area contributed by atoms with Gasteiger partial charge in [0.05, 0.1) is 26.7 Å². The normalized spacial score (nSPS) is 12.4. The van der Waals surface area contributed by atoms with Crippen LogP contribution in [-0.2, 0) is 14.3 Å². The minimum absolute atomic E-state index is 0.0292. The molecule has 8 heteroatoms. The zero-order valence-corrected chi connectivity index (χ0v) is 16.6. The molecule has 1 amide bonds. The highest BCUT2D eigenvalue weighted by atomic mass is 16.5. The third-order valence-electron chi connectivity index (χ3n) is 4.36. The van der Waals surface area contributed by atoms with Gasteiger partial charge in [-0.2, -0.15) is 0 Å². The Hall–Kier alpha value is -3.55. The van der Waals surface area contributed by atoms with Crippen molar-refractivity contribution in [3.8, 4) is 17.2 Å². The summed E-state index contributed by atoms with van der Waals surface area (Å²) < 4.78 is 21.1. The number of anilines is 1. The van der Waals surface area contributed by atoms with Gasteiger partial charge in [-0.25, -0.2) is 0 Å². The summed E-state index contributed by atoms with van der Waals surface area (Å²) in [5.74, 6) is 0.482. The molecule has 30 heavy (non-hydrogen) atoms. The predicted octanol–water partition coefficient (Wildman–Crippen LogP) is 3.00. The van der Waals surface area contributed by atoms with E-state index in [1.54, 1.807) is 49.6 Å². The number of carbonyl (C=O) groups excluding carboxylic acids is 3. The van der Waals surface area contributed by atoms with Crippen molar-refractivity contribution in [1.29, 1.82) is 0 Å². The summed E-state index contributed by atoms with van der Waals surface area (Å²) in [5, 5.41) is 2.61. The monoisotopic (exact) mass is 413 g/mol. The second kappa shape index (κ2) is 10.3. The van der Waals surface area contributed by atoms with E-state index in [1.165, 1.54) is 0 Å². The fraction of sp³-hybridized carbons (Fsp3) is 0.318. The van der Waals surface area contributed by atoms with Crippen LogP contribution in [0, 0.1) is 0 Å². The maximum atomic E-state index is 12.4. The van der Waals surface area contributed by atoms with Gasteiger partial charge in [-0.15, -0.1) is 0 Å². The number of amides is 1. The summed E-state index contributed by atoms with van der Waals surface area (Å²) in [7, 11) is 1.55. The van der Waals surface area contributed by atoms with Crippen LogP contribution in [0.1, 0.15) is 29.6 Å². The molecule has 1 aliphatic heterocycles. The minimum atomic E-state index is -0.623. The molecule has 1 heterocycles. The van der Waals surface area contributed by atoms with Crippen LogP contribution in [0.4, 0.5) is 5.69 Å². The number of nitrogens with one attached hydrogen (secondary N) is 1. The van der Waals surface area contributed by atoms with Gasteiger partial charge in [0.25, 0.3) is 5.91 Å². The van der Waals surface area contributed by atoms with Gasteiger partial charge >= 0.3 is 5.97 Å². The van der Waals surface area contributed by atoms with Crippen LogP contribution in [0.25, 0.3) is 0 Å². The molecular weight excluding hydrogens is 390 g/mol. The number of methoxy groups -OCH3 is 1. The first-order chi connectivity index (χ1) is 14.5. The molecule has 0 atom stereocenters. The Morgan fingerprint density at radius 1 is 0.967 bits per heavy atom. The summed E-state index contributed by atoms with van der Waals surface area (Å²) in [5.41, 5.74) is 0.991. The van der Waals surface area contributed by atoms with Crippen LogP contribution < -0.4 is 19.5 Å². The molecule has 0 saturated heterocycles. The van der Waals surface area contributed by atoms with E-state index in [9.17, 15) is 14.4 Å². The van der Waals surface area contributed by atoms with E-state index in [-0.39, 0.29) is 18.6 Å². The molecule has 0 fully saturated rings. The lowest BCUT2D eigenvalue weighted by molar-refractivity contribution is -0.147. The van der Waals surface area contributed by atoms with Crippen molar-refractivity contribution >= 4 is 23.3 Å². The Balaban J connectivity index is 1.42. The Kier molecular flexibility index (Phi) is 7.26. The van der Waals surface area contributed by atoms with Gasteiger partial charge in [0.1, 0.15) is 5.75 Å². The predicted molar refractivity (Wildman–Crippen MR) is 108 cm³/mol. The molecule has 2 aromatic rings. The third-order valence-corrected chi connectivity index (χ3v) is 4.36. The number of Topliss-reactive ketones (excluding diaryl/α,β-unsaturated/α-hetero) is 1. The van der Waals surface area contributed by atoms with Crippen LogP contribution in [0.5, 0.6) is 17.2 Å². The standard InChI is InChI=1S/C22H23NO7/c1-27-17-6-4-16(5-7-17)23-21(25)14-30-22(26)10-8-18(24)15-3-9-19-20(13-15)29-12-2-11-28-19/h3-7,9,13H,2,8,10-12,14H2,1H3,(H,23,25). The quantitative estimate of drug-likeness (QED) is 0.524. The summed E-state index contributed by atoms with van der Waals surface area (Å²) in [6.07, 6.45) is 0.623. The fourth-order valence-corrected chi connectivity index (χ4v) is 2.79. The summed E-state index contributed by atoms with van der Waals surface area (Å²) in [4.78, 5) is 36.1. The lowest BCUT2D eigenvalue weighted by Gasteiger charge is -2.09. The number of fused-ring (bicyclic) bond motifs is 1. The van der Waals surface area contributed by atoms with Gasteiger partial charge in [-0.3, -0.25) is 14.4 Å². The highest BCUT2D eigenvalue weighted by Crippen LogP contribution is 2.30. The topological polar surface area (TPSA) is 100 Å². The van der Waals surface area contributed by atoms with Crippen LogP contribution >= 0.6 is 0 Å². The van der Waals surface area contributed by atoms with E-state index in [0.717, 1.165) is 6.42 Å². The second-order valence-electron chi connectivity index (χ2n) is 6.57. The smallest absolute Gasteiger partial charge is 0.306 e. The van der Waals surface area contributed by atoms with E-state index in [4.69, 9.17) is 18.9 Å². The largest absolute Gasteiger partial charge is 0.497 e. The van der Waals surface area contributed by atoms with Crippen molar-refractivity contribution in [3.63, 3.8) is 0 Å². The van der Waals surface area contributed by atoms with E-state index in [0.29, 0.717) is 41.7 Å². The lowest BCUT2D eigenvalue weighted by atomic mass is 10.1. The molecule has 2 aromatic carbocycles. The van der Waals surface area contributed by atoms with E-state index < -0.39 is 18.5 Å². The van der Waals surface area contributed by atoms with E-state index in [1.807, 2.05) is 0 Å². The van der Waals surface area contributed by atoms with Gasteiger partial charge in [-0.1, -0.05) is 0 Å². The zero-order valence-electron chi connectivity index (χ0n) is 16.6. The molecule has 1 N–H and O–H groups in total. The number of esters is 1. The van der Waals surface area contributed by atoms with Crippen molar-refractivity contribution < 1.29 is 33.3 Å². The Morgan fingerprint density at radius 3 is 2.43 bits per heavy atom. The van der Waals surface area contributed by atoms with Gasteiger partial charge in [0.15, 0.2) is 23.9 Å². The molecule has 0 bridgehead atoms. The van der Waals surface area contributed by atoms with Gasteiger partial charge in [0.2, 0.25) is 0 Å². The average molecular weight is 413 g/mol. The molecular formula is C22H23NO7. The number of carbonyl (C=O) groups is 3. The molecule has 0 aliphatic carbocycles. The van der Waals surface area contributed by atoms with Gasteiger partial charge < -0.3 is 24.3 Å². The summed E-state index contributed by atoms with van der Waals surface area (Å²) in [6.45, 7) is 0.664. The number of hydrogen-bond acceptors (Lipinski definition) is 7. The Bertz CT molecular complexity index is 908. The highest BCUT2D eigenvalue weighted by Gasteiger charge is 2.16. The first-order valence-electron chi connectivity index (χ1n) is 9.57. The van der Waals surface area contributed by atoms with Crippen LogP contribution in [-0.4, -0.2) is 44.6 Å². The number of benzene rings is 2. The van der Waals surface area contributed by atoms with Crippen molar-refractivity contribution in [2.24, 2.45) is 0 Å². The number of rotatable bonds is 8. The maximum Gasteiger partial charge on any atom is 0.306 e. The maximum absolute atomic E-state index is 12.4. The molecule has 8 nitrogen and oxygen atoms in total. The first kappa shape index (κ1) is 21.2. The SMILES string of the molecule is COc1ccc(NC(=O)COC(=O)CCC(=O)c2ccc3c(c2)OCCCO3)cc1. The number of hydrogen-bond donors (Lipinski definition) is 1. The number of ketones is 1. The molecule has 0 aromatic heterocycles. The molecule has 0 saturated carbocycles. The highest BCUT2D eigenvalue weighted by molar-refractivity contribution is 5.98. The van der Waals surface area contributed by atoms with Crippen molar-refractivity contribution in [1.82, 2.24) is 0 Å². The van der Waals surface area contributed by atoms with Crippen molar-refractivity contribution in [2.75, 3.05) is 32.2 Å². The van der Waals surface area contributed by atoms with E-state index >= 15 is 0 Å². The van der Waals surface area contributed by atoms with E-state index in [2.05, 4.69) is 5.32 Å².